The van der Waals surface area contributed by atoms with Crippen molar-refractivity contribution in [1.82, 2.24) is 10.6 Å². The summed E-state index contributed by atoms with van der Waals surface area (Å²) in [5.74, 6) is 0.713. The number of benzene rings is 1. The number of halogens is 1. The Morgan fingerprint density at radius 1 is 1.33 bits per heavy atom. The van der Waals surface area contributed by atoms with E-state index in [2.05, 4.69) is 34.7 Å². The summed E-state index contributed by atoms with van der Waals surface area (Å²) in [6, 6.07) is 7.25. The minimum atomic E-state index is -0.167. The monoisotopic (exact) mass is 289 g/mol. The molecule has 114 valence electrons. The summed E-state index contributed by atoms with van der Waals surface area (Å²) in [7, 11) is 0. The van der Waals surface area contributed by atoms with Crippen molar-refractivity contribution in [3.05, 3.63) is 47.8 Å². The van der Waals surface area contributed by atoms with Crippen LogP contribution in [-0.2, 0) is 6.42 Å². The molecule has 0 atom stereocenters. The molecule has 0 fully saturated rings. The van der Waals surface area contributed by atoms with E-state index in [0.717, 1.165) is 50.3 Å². The highest BCUT2D eigenvalue weighted by atomic mass is 19.1. The second kappa shape index (κ2) is 8.45. The maximum absolute atomic E-state index is 13.1. The molecule has 1 aliphatic rings. The van der Waals surface area contributed by atoms with Gasteiger partial charge in [0.2, 0.25) is 0 Å². The van der Waals surface area contributed by atoms with E-state index < -0.39 is 0 Å². The van der Waals surface area contributed by atoms with Crippen LogP contribution in [0.5, 0.6) is 0 Å². The van der Waals surface area contributed by atoms with Crippen molar-refractivity contribution in [3.8, 4) is 0 Å². The van der Waals surface area contributed by atoms with Gasteiger partial charge < -0.3 is 10.6 Å². The molecule has 0 aliphatic heterocycles. The molecule has 0 heterocycles. The van der Waals surface area contributed by atoms with E-state index in [9.17, 15) is 4.39 Å². The molecule has 0 amide bonds. The first-order valence-corrected chi connectivity index (χ1v) is 7.72. The number of nitrogens with one attached hydrogen (secondary N) is 2. The first kappa shape index (κ1) is 15.5. The zero-order valence-corrected chi connectivity index (χ0v) is 12.6. The van der Waals surface area contributed by atoms with Crippen molar-refractivity contribution in [1.29, 1.82) is 0 Å². The maximum Gasteiger partial charge on any atom is 0.191 e. The lowest BCUT2D eigenvalue weighted by molar-refractivity contribution is 0.623. The molecular weight excluding hydrogens is 265 g/mol. The van der Waals surface area contributed by atoms with Gasteiger partial charge in [0.1, 0.15) is 5.82 Å². The van der Waals surface area contributed by atoms with Gasteiger partial charge in [0.05, 0.1) is 0 Å². The van der Waals surface area contributed by atoms with Gasteiger partial charge in [-0.25, -0.2) is 4.39 Å². The molecule has 0 saturated carbocycles. The van der Waals surface area contributed by atoms with Crippen LogP contribution in [0.1, 0.15) is 31.7 Å². The average Bonchev–Trinajstić information content (AvgIpc) is 2.97. The van der Waals surface area contributed by atoms with Gasteiger partial charge in [0.15, 0.2) is 5.96 Å². The van der Waals surface area contributed by atoms with Gasteiger partial charge in [-0.2, -0.15) is 0 Å². The normalized spacial score (nSPS) is 15.4. The molecule has 0 saturated heterocycles. The fourth-order valence-corrected chi connectivity index (χ4v) is 2.41. The summed E-state index contributed by atoms with van der Waals surface area (Å²) < 4.78 is 13.1. The Balaban J connectivity index is 1.76. The lowest BCUT2D eigenvalue weighted by atomic mass is 10.1. The highest BCUT2D eigenvalue weighted by Crippen LogP contribution is 2.09. The van der Waals surface area contributed by atoms with E-state index in [1.165, 1.54) is 6.07 Å². The molecule has 2 N–H and O–H groups in total. The van der Waals surface area contributed by atoms with E-state index in [0.29, 0.717) is 6.04 Å². The second-order valence-corrected chi connectivity index (χ2v) is 5.28. The molecule has 0 radical (unpaired) electrons. The quantitative estimate of drug-likeness (QED) is 0.365. The first-order valence-electron chi connectivity index (χ1n) is 7.72. The molecule has 0 unspecified atom stereocenters. The van der Waals surface area contributed by atoms with Gasteiger partial charge >= 0.3 is 0 Å². The fourth-order valence-electron chi connectivity index (χ4n) is 2.41. The number of nitrogens with zero attached hydrogens (tertiary/aromatic N) is 1. The molecule has 3 nitrogen and oxygen atoms in total. The average molecular weight is 289 g/mol. The van der Waals surface area contributed by atoms with Crippen molar-refractivity contribution in [2.24, 2.45) is 4.99 Å². The van der Waals surface area contributed by atoms with Crippen LogP contribution in [0.2, 0.25) is 0 Å². The molecule has 1 aliphatic carbocycles. The Hall–Kier alpha value is -1.84. The van der Waals surface area contributed by atoms with Gasteiger partial charge in [0, 0.05) is 19.1 Å². The summed E-state index contributed by atoms with van der Waals surface area (Å²) in [5.41, 5.74) is 1.03. The molecule has 21 heavy (non-hydrogen) atoms. The third kappa shape index (κ3) is 5.58. The number of hydrogen-bond donors (Lipinski definition) is 2. The Morgan fingerprint density at radius 2 is 2.14 bits per heavy atom. The molecule has 0 aromatic heterocycles. The molecule has 2 rings (SSSR count). The third-order valence-electron chi connectivity index (χ3n) is 3.48. The zero-order chi connectivity index (χ0) is 14.9. The Kier molecular flexibility index (Phi) is 6.25. The van der Waals surface area contributed by atoms with Gasteiger partial charge in [-0.1, -0.05) is 24.3 Å². The largest absolute Gasteiger partial charge is 0.357 e. The van der Waals surface area contributed by atoms with Gasteiger partial charge in [-0.15, -0.1) is 0 Å². The molecule has 1 aromatic carbocycles. The van der Waals surface area contributed by atoms with Crippen LogP contribution in [0.3, 0.4) is 0 Å². The van der Waals surface area contributed by atoms with E-state index in [1.54, 1.807) is 12.1 Å². The van der Waals surface area contributed by atoms with Crippen molar-refractivity contribution in [2.45, 2.75) is 38.6 Å². The SMILES string of the molecule is CCNC(=NCCCc1cccc(F)c1)NC1CC=CC1. The number of rotatable bonds is 6. The minimum absolute atomic E-state index is 0.167. The highest BCUT2D eigenvalue weighted by Gasteiger charge is 2.11. The van der Waals surface area contributed by atoms with Crippen LogP contribution in [0.15, 0.2) is 41.4 Å². The van der Waals surface area contributed by atoms with Gasteiger partial charge in [-0.3, -0.25) is 4.99 Å². The smallest absolute Gasteiger partial charge is 0.191 e. The molecular formula is C17H24FN3. The maximum atomic E-state index is 13.1. The van der Waals surface area contributed by atoms with Crippen LogP contribution in [-0.4, -0.2) is 25.1 Å². The van der Waals surface area contributed by atoms with E-state index >= 15 is 0 Å². The van der Waals surface area contributed by atoms with E-state index in [1.807, 2.05) is 6.07 Å². The number of hydrogen-bond acceptors (Lipinski definition) is 1. The standard InChI is InChI=1S/C17H24FN3/c1-2-19-17(21-16-10-3-4-11-16)20-12-6-8-14-7-5-9-15(18)13-14/h3-5,7,9,13,16H,2,6,8,10-12H2,1H3,(H2,19,20,21). The van der Waals surface area contributed by atoms with Crippen molar-refractivity contribution >= 4 is 5.96 Å². The summed E-state index contributed by atoms with van der Waals surface area (Å²) in [5, 5.41) is 6.71. The zero-order valence-electron chi connectivity index (χ0n) is 12.6. The summed E-state index contributed by atoms with van der Waals surface area (Å²) in [6.07, 6.45) is 8.30. The van der Waals surface area contributed by atoms with Crippen molar-refractivity contribution in [2.75, 3.05) is 13.1 Å². The Labute approximate surface area is 126 Å². The summed E-state index contributed by atoms with van der Waals surface area (Å²) in [6.45, 7) is 3.67. The lowest BCUT2D eigenvalue weighted by Crippen LogP contribution is -2.42. The summed E-state index contributed by atoms with van der Waals surface area (Å²) in [4.78, 5) is 4.59. The van der Waals surface area contributed by atoms with E-state index in [4.69, 9.17) is 0 Å². The molecule has 4 heteroatoms. The first-order chi connectivity index (χ1) is 10.3. The molecule has 1 aromatic rings. The van der Waals surface area contributed by atoms with Crippen molar-refractivity contribution in [3.63, 3.8) is 0 Å². The van der Waals surface area contributed by atoms with Crippen LogP contribution >= 0.6 is 0 Å². The third-order valence-corrected chi connectivity index (χ3v) is 3.48. The lowest BCUT2D eigenvalue weighted by Gasteiger charge is -2.16. The van der Waals surface area contributed by atoms with Gasteiger partial charge in [-0.05, 0) is 50.3 Å². The predicted molar refractivity (Wildman–Crippen MR) is 86.0 cm³/mol. The van der Waals surface area contributed by atoms with Gasteiger partial charge in [0.25, 0.3) is 0 Å². The fraction of sp³-hybridized carbons (Fsp3) is 0.471. The van der Waals surface area contributed by atoms with Crippen LogP contribution in [0.25, 0.3) is 0 Å². The van der Waals surface area contributed by atoms with E-state index in [-0.39, 0.29) is 5.82 Å². The van der Waals surface area contributed by atoms with Crippen LogP contribution < -0.4 is 10.6 Å². The number of aliphatic imine (C=N–C) groups is 1. The predicted octanol–water partition coefficient (Wildman–Crippen LogP) is 3.03. The topological polar surface area (TPSA) is 36.4 Å². The minimum Gasteiger partial charge on any atom is -0.357 e. The van der Waals surface area contributed by atoms with Crippen LogP contribution in [0, 0.1) is 5.82 Å². The molecule has 0 spiro atoms. The van der Waals surface area contributed by atoms with Crippen LogP contribution in [0.4, 0.5) is 4.39 Å². The van der Waals surface area contributed by atoms with Crippen molar-refractivity contribution < 1.29 is 4.39 Å². The Morgan fingerprint density at radius 3 is 2.86 bits per heavy atom. The number of aryl methyl sites for hydroxylation is 1. The number of guanidine groups is 1. The highest BCUT2D eigenvalue weighted by molar-refractivity contribution is 5.80. The summed E-state index contributed by atoms with van der Waals surface area (Å²) >= 11 is 0. The Bertz CT molecular complexity index is 489. The second-order valence-electron chi connectivity index (χ2n) is 5.28. The molecule has 0 bridgehead atoms.